The normalized spacial score (nSPS) is 13.5. The Balaban J connectivity index is 1.52. The molecule has 0 heterocycles. The fourth-order valence-corrected chi connectivity index (χ4v) is 6.43. The topological polar surface area (TPSA) is 40.5 Å². The first kappa shape index (κ1) is 23.0. The molecular weight excluding hydrogens is 463 g/mol. The highest BCUT2D eigenvalue weighted by Crippen LogP contribution is 2.51. The Morgan fingerprint density at radius 2 is 0.974 bits per heavy atom. The third kappa shape index (κ3) is 3.29. The molecule has 1 aliphatic rings. The van der Waals surface area contributed by atoms with E-state index in [1.165, 1.54) is 54.9 Å². The van der Waals surface area contributed by atoms with E-state index in [1.807, 2.05) is 12.1 Å². The van der Waals surface area contributed by atoms with Crippen LogP contribution in [0.5, 0.6) is 0 Å². The Morgan fingerprint density at radius 1 is 0.500 bits per heavy atom. The molecule has 0 saturated heterocycles. The van der Waals surface area contributed by atoms with E-state index in [-0.39, 0.29) is 5.41 Å². The van der Waals surface area contributed by atoms with E-state index in [2.05, 4.69) is 105 Å². The first-order valence-corrected chi connectivity index (χ1v) is 13.1. The summed E-state index contributed by atoms with van der Waals surface area (Å²) in [6.45, 7) is 4.65. The van der Waals surface area contributed by atoms with Crippen LogP contribution in [-0.2, 0) is 5.41 Å². The summed E-state index contributed by atoms with van der Waals surface area (Å²) in [5.41, 5.74) is 10.5. The van der Waals surface area contributed by atoms with Crippen LogP contribution in [0, 0.1) is 0 Å². The summed E-state index contributed by atoms with van der Waals surface area (Å²) in [6, 6.07) is 40.6. The van der Waals surface area contributed by atoms with Gasteiger partial charge in [-0.05, 0) is 77.6 Å². The van der Waals surface area contributed by atoms with E-state index in [1.54, 1.807) is 12.1 Å². The lowest BCUT2D eigenvalue weighted by Gasteiger charge is -2.23. The van der Waals surface area contributed by atoms with Crippen LogP contribution < -0.4 is 5.46 Å². The second kappa shape index (κ2) is 8.42. The molecule has 0 aromatic heterocycles. The number of rotatable bonds is 3. The highest BCUT2D eigenvalue weighted by atomic mass is 16.4. The van der Waals surface area contributed by atoms with Crippen molar-refractivity contribution in [2.75, 3.05) is 0 Å². The van der Waals surface area contributed by atoms with Crippen molar-refractivity contribution in [2.45, 2.75) is 19.3 Å². The van der Waals surface area contributed by atoms with Crippen LogP contribution in [0.4, 0.5) is 0 Å². The van der Waals surface area contributed by atoms with Crippen LogP contribution >= 0.6 is 0 Å². The molecule has 0 radical (unpaired) electrons. The van der Waals surface area contributed by atoms with Crippen LogP contribution in [0.1, 0.15) is 25.0 Å². The van der Waals surface area contributed by atoms with Crippen molar-refractivity contribution in [3.05, 3.63) is 126 Å². The highest BCUT2D eigenvalue weighted by molar-refractivity contribution is 6.58. The Hall–Kier alpha value is -4.18. The standard InChI is InChI=1S/C35H27BO2/c1-35(2)31-14-8-7-9-25(31)26-20-17-23(21-32(26)35)34-29-12-5-3-10-27(29)33(28-11-4-6-13-30(28)34)22-15-18-24(19-16-22)36(37)38/h3-21,37-38H,1-2H3. The monoisotopic (exact) mass is 490 g/mol. The van der Waals surface area contributed by atoms with Crippen molar-refractivity contribution in [2.24, 2.45) is 0 Å². The molecule has 0 bridgehead atoms. The molecule has 7 rings (SSSR count). The van der Waals surface area contributed by atoms with Crippen LogP contribution in [-0.4, -0.2) is 17.2 Å². The summed E-state index contributed by atoms with van der Waals surface area (Å²) in [7, 11) is -1.48. The van der Waals surface area contributed by atoms with Gasteiger partial charge in [0, 0.05) is 5.41 Å². The molecular formula is C35H27BO2. The summed E-state index contributed by atoms with van der Waals surface area (Å²) in [4.78, 5) is 0. The van der Waals surface area contributed by atoms with Crippen LogP contribution in [0.25, 0.3) is 54.9 Å². The minimum Gasteiger partial charge on any atom is -0.423 e. The van der Waals surface area contributed by atoms with Crippen molar-refractivity contribution < 1.29 is 10.0 Å². The molecule has 182 valence electrons. The Labute approximate surface area is 223 Å². The minimum atomic E-state index is -1.48. The predicted molar refractivity (Wildman–Crippen MR) is 160 cm³/mol. The molecule has 6 aromatic rings. The van der Waals surface area contributed by atoms with Gasteiger partial charge in [-0.1, -0.05) is 123 Å². The molecule has 2 nitrogen and oxygen atoms in total. The van der Waals surface area contributed by atoms with E-state index in [9.17, 15) is 10.0 Å². The molecule has 0 fully saturated rings. The van der Waals surface area contributed by atoms with E-state index in [4.69, 9.17) is 0 Å². The lowest BCUT2D eigenvalue weighted by Crippen LogP contribution is -2.29. The number of hydrogen-bond donors (Lipinski definition) is 2. The van der Waals surface area contributed by atoms with Gasteiger partial charge in [0.1, 0.15) is 0 Å². The first-order chi connectivity index (χ1) is 18.4. The van der Waals surface area contributed by atoms with E-state index in [0.717, 1.165) is 11.1 Å². The molecule has 38 heavy (non-hydrogen) atoms. The van der Waals surface area contributed by atoms with Crippen molar-refractivity contribution in [3.63, 3.8) is 0 Å². The van der Waals surface area contributed by atoms with E-state index in [0.29, 0.717) is 5.46 Å². The SMILES string of the molecule is CC1(C)c2ccccc2-c2ccc(-c3c4ccccc4c(-c4ccc(B(O)O)cc4)c4ccccc34)cc21. The first-order valence-electron chi connectivity index (χ1n) is 13.1. The fraction of sp³-hybridized carbons (Fsp3) is 0.0857. The molecule has 1 aliphatic carbocycles. The zero-order chi connectivity index (χ0) is 26.0. The second-order valence-electron chi connectivity index (χ2n) is 10.8. The van der Waals surface area contributed by atoms with Gasteiger partial charge in [-0.3, -0.25) is 0 Å². The largest absolute Gasteiger partial charge is 0.488 e. The van der Waals surface area contributed by atoms with Gasteiger partial charge >= 0.3 is 7.12 Å². The van der Waals surface area contributed by atoms with Gasteiger partial charge < -0.3 is 10.0 Å². The van der Waals surface area contributed by atoms with Gasteiger partial charge in [0.25, 0.3) is 0 Å². The van der Waals surface area contributed by atoms with Crippen LogP contribution in [0.15, 0.2) is 115 Å². The third-order valence-electron chi connectivity index (χ3n) is 8.30. The zero-order valence-corrected chi connectivity index (χ0v) is 21.4. The summed E-state index contributed by atoms with van der Waals surface area (Å²) < 4.78 is 0. The second-order valence-corrected chi connectivity index (χ2v) is 10.8. The summed E-state index contributed by atoms with van der Waals surface area (Å²) in [5, 5.41) is 24.0. The third-order valence-corrected chi connectivity index (χ3v) is 8.30. The molecule has 0 unspecified atom stereocenters. The lowest BCUT2D eigenvalue weighted by atomic mass is 9.78. The van der Waals surface area contributed by atoms with Crippen molar-refractivity contribution >= 4 is 34.1 Å². The number of benzene rings is 6. The predicted octanol–water partition coefficient (Wildman–Crippen LogP) is 7.31. The number of fused-ring (bicyclic) bond motifs is 5. The van der Waals surface area contributed by atoms with Gasteiger partial charge in [-0.2, -0.15) is 0 Å². The maximum Gasteiger partial charge on any atom is 0.488 e. The molecule has 6 aromatic carbocycles. The molecule has 0 spiro atoms. The van der Waals surface area contributed by atoms with Crippen molar-refractivity contribution in [3.8, 4) is 33.4 Å². The fourth-order valence-electron chi connectivity index (χ4n) is 6.43. The van der Waals surface area contributed by atoms with Gasteiger partial charge in [-0.15, -0.1) is 0 Å². The number of hydrogen-bond acceptors (Lipinski definition) is 2. The zero-order valence-electron chi connectivity index (χ0n) is 21.4. The smallest absolute Gasteiger partial charge is 0.423 e. The maximum atomic E-state index is 9.61. The molecule has 0 saturated carbocycles. The average molecular weight is 490 g/mol. The minimum absolute atomic E-state index is 0.0630. The van der Waals surface area contributed by atoms with Gasteiger partial charge in [0.2, 0.25) is 0 Å². The Bertz CT molecular complexity index is 1810. The molecule has 0 aliphatic heterocycles. The Morgan fingerprint density at radius 3 is 1.55 bits per heavy atom. The van der Waals surface area contributed by atoms with Gasteiger partial charge in [0.15, 0.2) is 0 Å². The van der Waals surface area contributed by atoms with E-state index >= 15 is 0 Å². The van der Waals surface area contributed by atoms with Crippen molar-refractivity contribution in [1.29, 1.82) is 0 Å². The highest BCUT2D eigenvalue weighted by Gasteiger charge is 2.35. The van der Waals surface area contributed by atoms with Gasteiger partial charge in [0.05, 0.1) is 0 Å². The van der Waals surface area contributed by atoms with Crippen LogP contribution in [0.3, 0.4) is 0 Å². The maximum absolute atomic E-state index is 9.61. The molecule has 3 heteroatoms. The summed E-state index contributed by atoms with van der Waals surface area (Å²) in [5.74, 6) is 0. The molecule has 0 atom stereocenters. The average Bonchev–Trinajstić information content (AvgIpc) is 3.18. The van der Waals surface area contributed by atoms with Crippen LogP contribution in [0.2, 0.25) is 0 Å². The lowest BCUT2D eigenvalue weighted by molar-refractivity contribution is 0.426. The molecule has 0 amide bonds. The van der Waals surface area contributed by atoms with Crippen molar-refractivity contribution in [1.82, 2.24) is 0 Å². The van der Waals surface area contributed by atoms with Gasteiger partial charge in [-0.25, -0.2) is 0 Å². The van der Waals surface area contributed by atoms with E-state index < -0.39 is 7.12 Å². The quantitative estimate of drug-likeness (QED) is 0.202. The molecule has 2 N–H and O–H groups in total. The summed E-state index contributed by atoms with van der Waals surface area (Å²) >= 11 is 0. The summed E-state index contributed by atoms with van der Waals surface area (Å²) in [6.07, 6.45) is 0. The Kier molecular flexibility index (Phi) is 5.09.